The van der Waals surface area contributed by atoms with Crippen LogP contribution in [0.3, 0.4) is 0 Å². The molecule has 1 aromatic rings. The predicted molar refractivity (Wildman–Crippen MR) is 48.1 cm³/mol. The molecule has 1 heterocycles. The molecule has 0 aliphatic carbocycles. The maximum absolute atomic E-state index is 12.3. The van der Waals surface area contributed by atoms with Crippen molar-refractivity contribution in [2.45, 2.75) is 19.1 Å². The van der Waals surface area contributed by atoms with E-state index in [-0.39, 0.29) is 0 Å². The van der Waals surface area contributed by atoms with Gasteiger partial charge in [0, 0.05) is 6.20 Å². The number of carboxylic acids is 1. The van der Waals surface area contributed by atoms with E-state index in [4.69, 9.17) is 5.11 Å². The van der Waals surface area contributed by atoms with Crippen molar-refractivity contribution in [3.05, 3.63) is 34.2 Å². The Morgan fingerprint density at radius 3 is 2.50 bits per heavy atom. The third kappa shape index (κ3) is 2.23. The molecule has 0 radical (unpaired) electrons. The molecule has 1 N–H and O–H groups in total. The standard InChI is InChI=1S/C9H8F3NO3/c1-5(8(15)16)13-4-2-3-6(7(13)14)9(10,11)12/h2-5H,1H3,(H,15,16)/t5-/m1/s1. The minimum absolute atomic E-state index is 0.533. The van der Waals surface area contributed by atoms with E-state index in [2.05, 4.69) is 0 Å². The van der Waals surface area contributed by atoms with Crippen LogP contribution in [-0.2, 0) is 11.0 Å². The van der Waals surface area contributed by atoms with E-state index in [1.54, 1.807) is 0 Å². The summed E-state index contributed by atoms with van der Waals surface area (Å²) in [6.07, 6.45) is -3.77. The molecule has 0 aromatic carbocycles. The summed E-state index contributed by atoms with van der Waals surface area (Å²) in [5.74, 6) is -1.37. The van der Waals surface area contributed by atoms with E-state index in [1.165, 1.54) is 0 Å². The minimum Gasteiger partial charge on any atom is -0.480 e. The van der Waals surface area contributed by atoms with Gasteiger partial charge in [0.25, 0.3) is 5.56 Å². The summed E-state index contributed by atoms with van der Waals surface area (Å²) in [6, 6.07) is 0.270. The Bertz CT molecular complexity index is 464. The maximum atomic E-state index is 12.3. The molecular weight excluding hydrogens is 227 g/mol. The smallest absolute Gasteiger partial charge is 0.421 e. The lowest BCUT2D eigenvalue weighted by Crippen LogP contribution is -2.32. The van der Waals surface area contributed by atoms with Gasteiger partial charge in [-0.2, -0.15) is 13.2 Å². The number of nitrogens with zero attached hydrogens (tertiary/aromatic N) is 1. The van der Waals surface area contributed by atoms with Crippen LogP contribution in [0.25, 0.3) is 0 Å². The number of carbonyl (C=O) groups is 1. The van der Waals surface area contributed by atoms with E-state index in [0.717, 1.165) is 19.2 Å². The summed E-state index contributed by atoms with van der Waals surface area (Å²) in [4.78, 5) is 21.9. The van der Waals surface area contributed by atoms with Crippen molar-refractivity contribution in [1.29, 1.82) is 0 Å². The van der Waals surface area contributed by atoms with Crippen molar-refractivity contribution in [3.8, 4) is 0 Å². The average molecular weight is 235 g/mol. The summed E-state index contributed by atoms with van der Waals surface area (Å²) >= 11 is 0. The van der Waals surface area contributed by atoms with Crippen LogP contribution in [0, 0.1) is 0 Å². The van der Waals surface area contributed by atoms with Crippen molar-refractivity contribution in [1.82, 2.24) is 4.57 Å². The van der Waals surface area contributed by atoms with Crippen LogP contribution in [0.2, 0.25) is 0 Å². The Hall–Kier alpha value is -1.79. The topological polar surface area (TPSA) is 59.3 Å². The maximum Gasteiger partial charge on any atom is 0.421 e. The fourth-order valence-electron chi connectivity index (χ4n) is 1.15. The molecule has 0 unspecified atom stereocenters. The molecule has 88 valence electrons. The minimum atomic E-state index is -4.78. The highest BCUT2D eigenvalue weighted by molar-refractivity contribution is 5.71. The lowest BCUT2D eigenvalue weighted by Gasteiger charge is -2.13. The van der Waals surface area contributed by atoms with Crippen LogP contribution < -0.4 is 5.56 Å². The Labute approximate surface area is 87.9 Å². The van der Waals surface area contributed by atoms with Gasteiger partial charge in [0.2, 0.25) is 0 Å². The van der Waals surface area contributed by atoms with E-state index in [9.17, 15) is 22.8 Å². The van der Waals surface area contributed by atoms with E-state index < -0.39 is 29.3 Å². The number of alkyl halides is 3. The normalized spacial score (nSPS) is 13.5. The zero-order valence-corrected chi connectivity index (χ0v) is 8.15. The number of aliphatic carboxylic acids is 1. The summed E-state index contributed by atoms with van der Waals surface area (Å²) in [5.41, 5.74) is -2.73. The first-order valence-corrected chi connectivity index (χ1v) is 4.26. The quantitative estimate of drug-likeness (QED) is 0.845. The van der Waals surface area contributed by atoms with E-state index >= 15 is 0 Å². The first kappa shape index (κ1) is 12.3. The molecule has 4 nitrogen and oxygen atoms in total. The highest BCUT2D eigenvalue weighted by Gasteiger charge is 2.35. The Kier molecular flexibility index (Phi) is 3.06. The van der Waals surface area contributed by atoms with Gasteiger partial charge in [-0.3, -0.25) is 4.79 Å². The molecule has 0 aliphatic rings. The molecule has 0 aliphatic heterocycles. The van der Waals surface area contributed by atoms with Gasteiger partial charge >= 0.3 is 12.1 Å². The van der Waals surface area contributed by atoms with E-state index in [1.807, 2.05) is 0 Å². The van der Waals surface area contributed by atoms with Gasteiger partial charge in [-0.25, -0.2) is 4.79 Å². The lowest BCUT2D eigenvalue weighted by molar-refractivity contribution is -0.142. The van der Waals surface area contributed by atoms with Crippen LogP contribution in [0.1, 0.15) is 18.5 Å². The van der Waals surface area contributed by atoms with Crippen LogP contribution in [0.15, 0.2) is 23.1 Å². The van der Waals surface area contributed by atoms with E-state index in [0.29, 0.717) is 10.6 Å². The molecule has 0 amide bonds. The van der Waals surface area contributed by atoms with Crippen molar-refractivity contribution >= 4 is 5.97 Å². The van der Waals surface area contributed by atoms with Gasteiger partial charge < -0.3 is 9.67 Å². The number of aromatic nitrogens is 1. The second-order valence-corrected chi connectivity index (χ2v) is 3.15. The molecule has 1 rings (SSSR count). The third-order valence-corrected chi connectivity index (χ3v) is 2.05. The highest BCUT2D eigenvalue weighted by atomic mass is 19.4. The number of hydrogen-bond donors (Lipinski definition) is 1. The highest BCUT2D eigenvalue weighted by Crippen LogP contribution is 2.26. The number of rotatable bonds is 2. The molecule has 7 heteroatoms. The average Bonchev–Trinajstić information content (AvgIpc) is 2.15. The summed E-state index contributed by atoms with van der Waals surface area (Å²) in [6.45, 7) is 1.13. The van der Waals surface area contributed by atoms with Crippen LogP contribution in [0.4, 0.5) is 13.2 Å². The lowest BCUT2D eigenvalue weighted by atomic mass is 10.2. The van der Waals surface area contributed by atoms with Crippen LogP contribution in [0.5, 0.6) is 0 Å². The van der Waals surface area contributed by atoms with Crippen LogP contribution in [-0.4, -0.2) is 15.6 Å². The largest absolute Gasteiger partial charge is 0.480 e. The SMILES string of the molecule is C[C@H](C(=O)O)n1cccc(C(F)(F)F)c1=O. The molecule has 0 saturated heterocycles. The number of pyridine rings is 1. The fourth-order valence-corrected chi connectivity index (χ4v) is 1.15. The fraction of sp³-hybridized carbons (Fsp3) is 0.333. The van der Waals surface area contributed by atoms with Crippen molar-refractivity contribution in [3.63, 3.8) is 0 Å². The zero-order valence-electron chi connectivity index (χ0n) is 8.15. The molecular formula is C9H8F3NO3. The second kappa shape index (κ2) is 3.99. The zero-order chi connectivity index (χ0) is 12.5. The summed E-state index contributed by atoms with van der Waals surface area (Å²) in [5, 5.41) is 8.61. The molecule has 0 saturated carbocycles. The van der Waals surface area contributed by atoms with Crippen LogP contribution >= 0.6 is 0 Å². The molecule has 0 bridgehead atoms. The molecule has 1 atom stereocenters. The van der Waals surface area contributed by atoms with Gasteiger partial charge in [0.05, 0.1) is 0 Å². The molecule has 16 heavy (non-hydrogen) atoms. The van der Waals surface area contributed by atoms with Crippen molar-refractivity contribution in [2.75, 3.05) is 0 Å². The van der Waals surface area contributed by atoms with Crippen molar-refractivity contribution < 1.29 is 23.1 Å². The summed E-state index contributed by atoms with van der Waals surface area (Å²) < 4.78 is 37.5. The second-order valence-electron chi connectivity index (χ2n) is 3.15. The van der Waals surface area contributed by atoms with Gasteiger partial charge in [-0.15, -0.1) is 0 Å². The predicted octanol–water partition coefficient (Wildman–Crippen LogP) is 1.51. The number of carboxylic acid groups (broad SMARTS) is 1. The van der Waals surface area contributed by atoms with Gasteiger partial charge in [-0.05, 0) is 19.1 Å². The molecule has 1 aromatic heterocycles. The van der Waals surface area contributed by atoms with Crippen molar-refractivity contribution in [2.24, 2.45) is 0 Å². The van der Waals surface area contributed by atoms with Gasteiger partial charge in [-0.1, -0.05) is 0 Å². The monoisotopic (exact) mass is 235 g/mol. The summed E-state index contributed by atoms with van der Waals surface area (Å²) in [7, 11) is 0. The number of halogens is 3. The first-order valence-electron chi connectivity index (χ1n) is 4.26. The first-order chi connectivity index (χ1) is 7.25. The third-order valence-electron chi connectivity index (χ3n) is 2.05. The number of hydrogen-bond acceptors (Lipinski definition) is 2. The Balaban J connectivity index is 3.36. The molecule has 0 fully saturated rings. The Morgan fingerprint density at radius 1 is 1.50 bits per heavy atom. The van der Waals surface area contributed by atoms with Gasteiger partial charge in [0.15, 0.2) is 0 Å². The Morgan fingerprint density at radius 2 is 2.06 bits per heavy atom. The molecule has 0 spiro atoms. The van der Waals surface area contributed by atoms with Gasteiger partial charge in [0.1, 0.15) is 11.6 Å².